The number of hydrogen-bond acceptors (Lipinski definition) is 7. The maximum Gasteiger partial charge on any atom is 0.340 e. The van der Waals surface area contributed by atoms with Crippen molar-refractivity contribution in [3.63, 3.8) is 0 Å². The summed E-state index contributed by atoms with van der Waals surface area (Å²) in [6.45, 7) is 1.79. The van der Waals surface area contributed by atoms with Gasteiger partial charge in [-0.2, -0.15) is 0 Å². The third kappa shape index (κ3) is 3.87. The smallest absolute Gasteiger partial charge is 0.340 e. The van der Waals surface area contributed by atoms with Crippen LogP contribution in [0.25, 0.3) is 0 Å². The summed E-state index contributed by atoms with van der Waals surface area (Å²) in [5.74, 6) is -1.42. The summed E-state index contributed by atoms with van der Waals surface area (Å²) < 4.78 is 11.0. The molecular weight excluding hydrogens is 412 g/mol. The predicted octanol–water partition coefficient (Wildman–Crippen LogP) is 3.84. The van der Waals surface area contributed by atoms with E-state index in [0.29, 0.717) is 23.3 Å². The Balaban J connectivity index is 1.80. The zero-order valence-electron chi connectivity index (χ0n) is 17.4. The summed E-state index contributed by atoms with van der Waals surface area (Å²) in [6.07, 6.45) is 0.705. The molecule has 2 N–H and O–H groups in total. The first-order valence-electron chi connectivity index (χ1n) is 10.3. The number of non-ortho nitro benzene ring substituents is 1. The zero-order chi connectivity index (χ0) is 22.8. The van der Waals surface area contributed by atoms with Crippen molar-refractivity contribution < 1.29 is 24.0 Å². The Morgan fingerprint density at radius 1 is 1.12 bits per heavy atom. The molecule has 4 rings (SSSR count). The molecular formula is C24H22N2O6. The van der Waals surface area contributed by atoms with Crippen LogP contribution >= 0.6 is 0 Å². The molecule has 0 spiro atoms. The monoisotopic (exact) mass is 434 g/mol. The van der Waals surface area contributed by atoms with Crippen LogP contribution in [0.2, 0.25) is 0 Å². The van der Waals surface area contributed by atoms with Crippen molar-refractivity contribution in [3.8, 4) is 0 Å². The van der Waals surface area contributed by atoms with Crippen LogP contribution in [0.5, 0.6) is 0 Å². The van der Waals surface area contributed by atoms with Gasteiger partial charge >= 0.3 is 5.97 Å². The standard InChI is InChI=1S/C24H22N2O6/c1-2-31-24(28)22-20(15-8-10-17(11-9-15)26(29)30)21-18(27)12-16(13-19(21)32-23(22)25)14-6-4-3-5-7-14/h3-11,16,20H,2,12-13,25H2,1H3. The highest BCUT2D eigenvalue weighted by atomic mass is 16.6. The lowest BCUT2D eigenvalue weighted by Crippen LogP contribution is -2.33. The molecule has 1 aliphatic carbocycles. The quantitative estimate of drug-likeness (QED) is 0.431. The summed E-state index contributed by atoms with van der Waals surface area (Å²) in [5, 5.41) is 11.1. The minimum absolute atomic E-state index is 0.0333. The number of rotatable bonds is 5. The van der Waals surface area contributed by atoms with Crippen molar-refractivity contribution in [2.24, 2.45) is 5.73 Å². The highest BCUT2D eigenvalue weighted by molar-refractivity contribution is 6.03. The molecule has 2 unspecified atom stereocenters. The number of esters is 1. The van der Waals surface area contributed by atoms with Gasteiger partial charge in [-0.25, -0.2) is 4.79 Å². The molecule has 2 aliphatic rings. The van der Waals surface area contributed by atoms with Crippen molar-refractivity contribution in [2.45, 2.75) is 31.6 Å². The number of nitrogens with two attached hydrogens (primary N) is 1. The fourth-order valence-electron chi connectivity index (χ4n) is 4.30. The van der Waals surface area contributed by atoms with Crippen molar-refractivity contribution in [2.75, 3.05) is 6.61 Å². The Labute approximate surface area is 184 Å². The number of carbonyl (C=O) groups excluding carboxylic acids is 2. The van der Waals surface area contributed by atoms with E-state index < -0.39 is 16.8 Å². The lowest BCUT2D eigenvalue weighted by molar-refractivity contribution is -0.384. The van der Waals surface area contributed by atoms with Crippen LogP contribution in [-0.4, -0.2) is 23.3 Å². The topological polar surface area (TPSA) is 122 Å². The third-order valence-corrected chi connectivity index (χ3v) is 5.74. The van der Waals surface area contributed by atoms with Gasteiger partial charge in [-0.05, 0) is 24.0 Å². The molecule has 0 fully saturated rings. The highest BCUT2D eigenvalue weighted by Crippen LogP contribution is 2.47. The summed E-state index contributed by atoms with van der Waals surface area (Å²) in [5.41, 5.74) is 7.99. The highest BCUT2D eigenvalue weighted by Gasteiger charge is 2.43. The van der Waals surface area contributed by atoms with Crippen LogP contribution in [0.1, 0.15) is 42.7 Å². The number of allylic oxidation sites excluding steroid dienone is 2. The van der Waals surface area contributed by atoms with Gasteiger partial charge in [0.15, 0.2) is 5.78 Å². The fraction of sp³-hybridized carbons (Fsp3) is 0.250. The van der Waals surface area contributed by atoms with Gasteiger partial charge in [0.2, 0.25) is 5.88 Å². The van der Waals surface area contributed by atoms with Gasteiger partial charge < -0.3 is 15.2 Å². The number of ketones is 1. The number of hydrogen-bond donors (Lipinski definition) is 1. The lowest BCUT2D eigenvalue weighted by Gasteiger charge is -2.35. The van der Waals surface area contributed by atoms with Crippen LogP contribution in [-0.2, 0) is 19.1 Å². The molecule has 164 valence electrons. The van der Waals surface area contributed by atoms with E-state index in [2.05, 4.69) is 0 Å². The number of nitro benzene ring substituents is 1. The third-order valence-electron chi connectivity index (χ3n) is 5.74. The molecule has 0 bridgehead atoms. The van der Waals surface area contributed by atoms with E-state index in [-0.39, 0.29) is 41.9 Å². The Morgan fingerprint density at radius 2 is 1.81 bits per heavy atom. The molecule has 0 radical (unpaired) electrons. The number of carbonyl (C=O) groups is 2. The van der Waals surface area contributed by atoms with E-state index in [4.69, 9.17) is 15.2 Å². The number of nitrogens with zero attached hydrogens (tertiary/aromatic N) is 1. The van der Waals surface area contributed by atoms with Crippen molar-refractivity contribution in [3.05, 3.63) is 98.6 Å². The van der Waals surface area contributed by atoms with Gasteiger partial charge in [-0.15, -0.1) is 0 Å². The van der Waals surface area contributed by atoms with E-state index in [1.807, 2.05) is 30.3 Å². The lowest BCUT2D eigenvalue weighted by atomic mass is 9.73. The molecule has 2 atom stereocenters. The second-order valence-corrected chi connectivity index (χ2v) is 7.66. The normalized spacial score (nSPS) is 20.5. The molecule has 2 aromatic rings. The molecule has 1 aliphatic heterocycles. The summed E-state index contributed by atoms with van der Waals surface area (Å²) in [7, 11) is 0. The van der Waals surface area contributed by atoms with Gasteiger partial charge in [0.1, 0.15) is 11.3 Å². The van der Waals surface area contributed by atoms with E-state index in [1.165, 1.54) is 24.3 Å². The van der Waals surface area contributed by atoms with Crippen LogP contribution in [0.15, 0.2) is 77.4 Å². The largest absolute Gasteiger partial charge is 0.462 e. The van der Waals surface area contributed by atoms with Crippen molar-refractivity contribution in [1.29, 1.82) is 0 Å². The number of nitro groups is 1. The first-order chi connectivity index (χ1) is 15.4. The molecule has 1 heterocycles. The van der Waals surface area contributed by atoms with E-state index >= 15 is 0 Å². The van der Waals surface area contributed by atoms with Crippen LogP contribution in [0.4, 0.5) is 5.69 Å². The van der Waals surface area contributed by atoms with Gasteiger partial charge in [-0.1, -0.05) is 42.5 Å². The number of ether oxygens (including phenoxy) is 2. The van der Waals surface area contributed by atoms with Gasteiger partial charge in [0.05, 0.1) is 17.4 Å². The second-order valence-electron chi connectivity index (χ2n) is 7.66. The summed E-state index contributed by atoms with van der Waals surface area (Å²) in [6, 6.07) is 15.4. The van der Waals surface area contributed by atoms with Gasteiger partial charge in [-0.3, -0.25) is 14.9 Å². The minimum Gasteiger partial charge on any atom is -0.462 e. The van der Waals surface area contributed by atoms with E-state index in [0.717, 1.165) is 5.56 Å². The molecule has 0 saturated heterocycles. The Kier molecular flexibility index (Phi) is 5.77. The summed E-state index contributed by atoms with van der Waals surface area (Å²) in [4.78, 5) is 36.7. The average molecular weight is 434 g/mol. The van der Waals surface area contributed by atoms with Crippen molar-refractivity contribution >= 4 is 17.4 Å². The first-order valence-corrected chi connectivity index (χ1v) is 10.3. The van der Waals surface area contributed by atoms with Crippen molar-refractivity contribution in [1.82, 2.24) is 0 Å². The molecule has 0 aromatic heterocycles. The van der Waals surface area contributed by atoms with E-state index in [9.17, 15) is 19.7 Å². The Bertz CT molecular complexity index is 1130. The van der Waals surface area contributed by atoms with Gasteiger partial charge in [0, 0.05) is 30.5 Å². The van der Waals surface area contributed by atoms with E-state index in [1.54, 1.807) is 6.92 Å². The molecule has 0 saturated carbocycles. The van der Waals surface area contributed by atoms with Gasteiger partial charge in [0.25, 0.3) is 5.69 Å². The molecule has 32 heavy (non-hydrogen) atoms. The fourth-order valence-corrected chi connectivity index (χ4v) is 4.30. The van der Waals surface area contributed by atoms with Crippen LogP contribution in [0, 0.1) is 10.1 Å². The minimum atomic E-state index is -0.817. The van der Waals surface area contributed by atoms with Crippen LogP contribution in [0.3, 0.4) is 0 Å². The maximum atomic E-state index is 13.3. The molecule has 0 amide bonds. The molecule has 8 nitrogen and oxygen atoms in total. The summed E-state index contributed by atoms with van der Waals surface area (Å²) >= 11 is 0. The average Bonchev–Trinajstić information content (AvgIpc) is 2.78. The number of benzene rings is 2. The second kappa shape index (κ2) is 8.66. The first kappa shape index (κ1) is 21.3. The number of Topliss-reactive ketones (excluding diaryl/α,β-unsaturated/α-hetero) is 1. The Hall–Kier alpha value is -3.94. The Morgan fingerprint density at radius 3 is 2.44 bits per heavy atom. The zero-order valence-corrected chi connectivity index (χ0v) is 17.4. The SMILES string of the molecule is CCOC(=O)C1=C(N)OC2=C(C(=O)CC(c3ccccc3)C2)C1c1ccc([N+](=O)[O-])cc1. The van der Waals surface area contributed by atoms with Crippen LogP contribution < -0.4 is 5.73 Å². The maximum absolute atomic E-state index is 13.3. The predicted molar refractivity (Wildman–Crippen MR) is 115 cm³/mol. The molecule has 8 heteroatoms. The molecule has 2 aromatic carbocycles.